The van der Waals surface area contributed by atoms with E-state index in [0.29, 0.717) is 0 Å². The summed E-state index contributed by atoms with van der Waals surface area (Å²) in [5.41, 5.74) is 9.63. The lowest BCUT2D eigenvalue weighted by Gasteiger charge is -2.11. The van der Waals surface area contributed by atoms with Crippen LogP contribution in [-0.2, 0) is 0 Å². The van der Waals surface area contributed by atoms with Crippen LogP contribution in [0.5, 0.6) is 0 Å². The lowest BCUT2D eigenvalue weighted by molar-refractivity contribution is 1.35. The number of halogens is 2. The smallest absolute Gasteiger partial charge is 0.0907 e. The molecule has 0 aliphatic rings. The lowest BCUT2D eigenvalue weighted by Crippen LogP contribution is -1.97. The molecule has 0 aliphatic carbocycles. The summed E-state index contributed by atoms with van der Waals surface area (Å²) in [6.07, 6.45) is 0. The number of benzene rings is 2. The van der Waals surface area contributed by atoms with Crippen molar-refractivity contribution in [3.63, 3.8) is 0 Å². The molecule has 3 rings (SSSR count). The molecule has 3 nitrogen and oxygen atoms in total. The molecule has 102 valence electrons. The Kier molecular flexibility index (Phi) is 3.70. The SMILES string of the molecule is Cc1nc2cc(Nc3ccc(Br)cc3Br)c(N)cc2s1. The van der Waals surface area contributed by atoms with Crippen molar-refractivity contribution in [3.05, 3.63) is 44.3 Å². The number of fused-ring (bicyclic) bond motifs is 1. The molecule has 1 heterocycles. The van der Waals surface area contributed by atoms with E-state index in [2.05, 4.69) is 42.2 Å². The quantitative estimate of drug-likeness (QED) is 0.549. The van der Waals surface area contributed by atoms with Crippen LogP contribution in [0.2, 0.25) is 0 Å². The van der Waals surface area contributed by atoms with Gasteiger partial charge in [0.05, 0.1) is 32.3 Å². The molecule has 0 bridgehead atoms. The highest BCUT2D eigenvalue weighted by atomic mass is 79.9. The van der Waals surface area contributed by atoms with E-state index < -0.39 is 0 Å². The summed E-state index contributed by atoms with van der Waals surface area (Å²) < 4.78 is 3.11. The first-order valence-corrected chi connectivity index (χ1v) is 8.32. The number of nitrogens with zero attached hydrogens (tertiary/aromatic N) is 1. The number of anilines is 3. The van der Waals surface area contributed by atoms with E-state index >= 15 is 0 Å². The summed E-state index contributed by atoms with van der Waals surface area (Å²) in [5, 5.41) is 4.38. The van der Waals surface area contributed by atoms with E-state index in [9.17, 15) is 0 Å². The van der Waals surface area contributed by atoms with E-state index in [4.69, 9.17) is 5.73 Å². The van der Waals surface area contributed by atoms with Gasteiger partial charge in [-0.25, -0.2) is 4.98 Å². The topological polar surface area (TPSA) is 50.9 Å². The van der Waals surface area contributed by atoms with Gasteiger partial charge in [0.25, 0.3) is 0 Å². The first-order chi connectivity index (χ1) is 9.52. The maximum absolute atomic E-state index is 6.12. The molecular weight excluding hydrogens is 402 g/mol. The van der Waals surface area contributed by atoms with E-state index in [1.54, 1.807) is 11.3 Å². The predicted molar refractivity (Wildman–Crippen MR) is 93.9 cm³/mol. The fraction of sp³-hybridized carbons (Fsp3) is 0.0714. The van der Waals surface area contributed by atoms with E-state index in [1.165, 1.54) is 0 Å². The zero-order valence-electron chi connectivity index (χ0n) is 10.6. The Balaban J connectivity index is 2.03. The second-order valence-electron chi connectivity index (χ2n) is 4.39. The number of aromatic nitrogens is 1. The molecule has 2 aromatic carbocycles. The van der Waals surface area contributed by atoms with Crippen molar-refractivity contribution in [2.45, 2.75) is 6.92 Å². The summed E-state index contributed by atoms with van der Waals surface area (Å²) >= 11 is 8.63. The van der Waals surface area contributed by atoms with Crippen molar-refractivity contribution in [2.75, 3.05) is 11.1 Å². The predicted octanol–water partition coefficient (Wildman–Crippen LogP) is 5.46. The van der Waals surface area contributed by atoms with Gasteiger partial charge in [-0.2, -0.15) is 0 Å². The van der Waals surface area contributed by atoms with Crippen LogP contribution < -0.4 is 11.1 Å². The van der Waals surface area contributed by atoms with Gasteiger partial charge in [-0.1, -0.05) is 15.9 Å². The van der Waals surface area contributed by atoms with Crippen molar-refractivity contribution < 1.29 is 0 Å². The number of aryl methyl sites for hydroxylation is 1. The van der Waals surface area contributed by atoms with Crippen molar-refractivity contribution >= 4 is 70.5 Å². The number of hydrogen-bond acceptors (Lipinski definition) is 4. The first-order valence-electron chi connectivity index (χ1n) is 5.91. The summed E-state index contributed by atoms with van der Waals surface area (Å²) in [6, 6.07) is 9.92. The minimum atomic E-state index is 0.718. The summed E-state index contributed by atoms with van der Waals surface area (Å²) in [5.74, 6) is 0. The molecular formula is C14H11Br2N3S. The van der Waals surface area contributed by atoms with Crippen molar-refractivity contribution in [3.8, 4) is 0 Å². The monoisotopic (exact) mass is 411 g/mol. The number of thiazole rings is 1. The highest BCUT2D eigenvalue weighted by Crippen LogP contribution is 2.34. The molecule has 1 aromatic heterocycles. The molecule has 0 spiro atoms. The highest BCUT2D eigenvalue weighted by molar-refractivity contribution is 9.11. The highest BCUT2D eigenvalue weighted by Gasteiger charge is 2.08. The van der Waals surface area contributed by atoms with Crippen LogP contribution in [0.4, 0.5) is 17.1 Å². The fourth-order valence-corrected chi connectivity index (χ4v) is 3.95. The summed E-state index contributed by atoms with van der Waals surface area (Å²) in [6.45, 7) is 2.00. The Labute approximate surface area is 137 Å². The minimum absolute atomic E-state index is 0.718. The van der Waals surface area contributed by atoms with Crippen molar-refractivity contribution in [1.82, 2.24) is 4.98 Å². The number of nitrogens with one attached hydrogen (secondary N) is 1. The third-order valence-corrected chi connectivity index (χ3v) is 4.95. The van der Waals surface area contributed by atoms with Crippen LogP contribution in [0.15, 0.2) is 39.3 Å². The van der Waals surface area contributed by atoms with Crippen LogP contribution in [0.1, 0.15) is 5.01 Å². The second kappa shape index (κ2) is 5.35. The van der Waals surface area contributed by atoms with Gasteiger partial charge in [-0.15, -0.1) is 11.3 Å². The largest absolute Gasteiger partial charge is 0.397 e. The van der Waals surface area contributed by atoms with Gasteiger partial charge in [0.1, 0.15) is 0 Å². The maximum atomic E-state index is 6.12. The normalized spacial score (nSPS) is 10.9. The Morgan fingerprint density at radius 2 is 1.95 bits per heavy atom. The van der Waals surface area contributed by atoms with E-state index in [1.807, 2.05) is 37.3 Å². The summed E-state index contributed by atoms with van der Waals surface area (Å²) in [4.78, 5) is 4.50. The lowest BCUT2D eigenvalue weighted by atomic mass is 10.2. The van der Waals surface area contributed by atoms with Gasteiger partial charge in [0.2, 0.25) is 0 Å². The molecule has 0 saturated heterocycles. The van der Waals surface area contributed by atoms with E-state index in [0.717, 1.165) is 41.2 Å². The average Bonchev–Trinajstić information content (AvgIpc) is 2.72. The molecule has 0 amide bonds. The molecule has 0 fully saturated rings. The Hall–Kier alpha value is -1.11. The Morgan fingerprint density at radius 1 is 1.15 bits per heavy atom. The molecule has 6 heteroatoms. The second-order valence-corrected chi connectivity index (χ2v) is 7.39. The Morgan fingerprint density at radius 3 is 2.70 bits per heavy atom. The molecule has 0 radical (unpaired) electrons. The van der Waals surface area contributed by atoms with Crippen LogP contribution in [0.3, 0.4) is 0 Å². The first kappa shape index (κ1) is 13.9. The maximum Gasteiger partial charge on any atom is 0.0907 e. The number of nitrogen functional groups attached to an aromatic ring is 1. The fourth-order valence-electron chi connectivity index (χ4n) is 1.95. The standard InChI is InChI=1S/C14H11Br2N3S/c1-7-18-13-6-12(10(17)5-14(13)20-7)19-11-3-2-8(15)4-9(11)16/h2-6,19H,17H2,1H3. The molecule has 3 N–H and O–H groups in total. The van der Waals surface area contributed by atoms with Crippen LogP contribution in [-0.4, -0.2) is 4.98 Å². The van der Waals surface area contributed by atoms with Gasteiger partial charge in [0, 0.05) is 8.95 Å². The number of rotatable bonds is 2. The molecule has 20 heavy (non-hydrogen) atoms. The van der Waals surface area contributed by atoms with Gasteiger partial charge in [-0.05, 0) is 53.2 Å². The van der Waals surface area contributed by atoms with Crippen LogP contribution in [0.25, 0.3) is 10.2 Å². The Bertz CT molecular complexity index is 798. The van der Waals surface area contributed by atoms with E-state index in [-0.39, 0.29) is 0 Å². The van der Waals surface area contributed by atoms with Gasteiger partial charge in [-0.3, -0.25) is 0 Å². The molecule has 0 atom stereocenters. The molecule has 0 aliphatic heterocycles. The third kappa shape index (κ3) is 2.68. The zero-order chi connectivity index (χ0) is 14.3. The zero-order valence-corrected chi connectivity index (χ0v) is 14.6. The number of nitrogens with two attached hydrogens (primary N) is 1. The number of hydrogen-bond donors (Lipinski definition) is 2. The molecule has 0 unspecified atom stereocenters. The summed E-state index contributed by atoms with van der Waals surface area (Å²) in [7, 11) is 0. The van der Waals surface area contributed by atoms with Crippen molar-refractivity contribution in [2.24, 2.45) is 0 Å². The van der Waals surface area contributed by atoms with Crippen LogP contribution >= 0.6 is 43.2 Å². The van der Waals surface area contributed by atoms with Crippen LogP contribution in [0, 0.1) is 6.92 Å². The van der Waals surface area contributed by atoms with Gasteiger partial charge in [0.15, 0.2) is 0 Å². The average molecular weight is 413 g/mol. The molecule has 0 saturated carbocycles. The van der Waals surface area contributed by atoms with Gasteiger partial charge >= 0.3 is 0 Å². The van der Waals surface area contributed by atoms with Gasteiger partial charge < -0.3 is 11.1 Å². The molecule has 3 aromatic rings. The minimum Gasteiger partial charge on any atom is -0.397 e. The van der Waals surface area contributed by atoms with Crippen molar-refractivity contribution in [1.29, 1.82) is 0 Å². The third-order valence-electron chi connectivity index (χ3n) is 2.87.